The second-order valence-corrected chi connectivity index (χ2v) is 6.21. The van der Waals surface area contributed by atoms with E-state index < -0.39 is 0 Å². The van der Waals surface area contributed by atoms with E-state index >= 15 is 0 Å². The summed E-state index contributed by atoms with van der Waals surface area (Å²) in [7, 11) is 0. The minimum atomic E-state index is 0.233. The van der Waals surface area contributed by atoms with Crippen LogP contribution in [-0.4, -0.2) is 21.9 Å². The SMILES string of the molecule is CCCn1nccc1C1CC1CNC(C)(C)C. The highest BCUT2D eigenvalue weighted by Gasteiger charge is 2.40. The lowest BCUT2D eigenvalue weighted by Gasteiger charge is -2.20. The summed E-state index contributed by atoms with van der Waals surface area (Å²) in [5.74, 6) is 1.54. The first-order chi connectivity index (χ1) is 8.01. The monoisotopic (exact) mass is 235 g/mol. The Hall–Kier alpha value is -0.830. The average Bonchev–Trinajstić information content (AvgIpc) is 2.87. The van der Waals surface area contributed by atoms with Gasteiger partial charge in [-0.3, -0.25) is 4.68 Å². The van der Waals surface area contributed by atoms with Crippen molar-refractivity contribution in [1.82, 2.24) is 15.1 Å². The number of hydrogen-bond donors (Lipinski definition) is 1. The molecule has 1 aliphatic rings. The predicted octanol–water partition coefficient (Wildman–Crippen LogP) is 2.78. The van der Waals surface area contributed by atoms with Crippen LogP contribution in [0.15, 0.2) is 12.3 Å². The maximum Gasteiger partial charge on any atom is 0.0492 e. The normalized spacial score (nSPS) is 24.0. The van der Waals surface area contributed by atoms with Gasteiger partial charge in [-0.1, -0.05) is 6.92 Å². The van der Waals surface area contributed by atoms with Gasteiger partial charge in [0.25, 0.3) is 0 Å². The molecule has 3 heteroatoms. The highest BCUT2D eigenvalue weighted by atomic mass is 15.3. The van der Waals surface area contributed by atoms with Gasteiger partial charge in [-0.25, -0.2) is 0 Å². The third-order valence-electron chi connectivity index (χ3n) is 3.38. The molecule has 0 aromatic carbocycles. The first kappa shape index (κ1) is 12.6. The Balaban J connectivity index is 1.87. The Bertz CT molecular complexity index is 362. The smallest absolute Gasteiger partial charge is 0.0492 e. The van der Waals surface area contributed by atoms with Crippen LogP contribution in [0.3, 0.4) is 0 Å². The molecule has 1 fully saturated rings. The molecule has 2 rings (SSSR count). The second kappa shape index (κ2) is 4.81. The maximum absolute atomic E-state index is 4.41. The van der Waals surface area contributed by atoms with Crippen molar-refractivity contribution in [3.05, 3.63) is 18.0 Å². The highest BCUT2D eigenvalue weighted by Crippen LogP contribution is 2.47. The fourth-order valence-electron chi connectivity index (χ4n) is 2.33. The van der Waals surface area contributed by atoms with Gasteiger partial charge in [0.15, 0.2) is 0 Å². The van der Waals surface area contributed by atoms with E-state index in [0.717, 1.165) is 31.3 Å². The zero-order chi connectivity index (χ0) is 12.5. The van der Waals surface area contributed by atoms with Gasteiger partial charge in [0, 0.05) is 29.9 Å². The molecule has 0 spiro atoms. The standard InChI is InChI=1S/C14H25N3/c1-5-8-17-13(6-7-16-17)12-9-11(12)10-15-14(2,3)4/h6-7,11-12,15H,5,8-10H2,1-4H3. The van der Waals surface area contributed by atoms with Gasteiger partial charge in [0.1, 0.15) is 0 Å². The van der Waals surface area contributed by atoms with Crippen LogP contribution >= 0.6 is 0 Å². The Morgan fingerprint density at radius 2 is 2.24 bits per heavy atom. The van der Waals surface area contributed by atoms with Gasteiger partial charge in [-0.2, -0.15) is 5.10 Å². The fourth-order valence-corrected chi connectivity index (χ4v) is 2.33. The molecular formula is C14H25N3. The number of hydrogen-bond acceptors (Lipinski definition) is 2. The molecule has 0 aliphatic heterocycles. The van der Waals surface area contributed by atoms with Gasteiger partial charge in [-0.05, 0) is 52.1 Å². The van der Waals surface area contributed by atoms with Crippen LogP contribution in [0.1, 0.15) is 52.1 Å². The first-order valence-electron chi connectivity index (χ1n) is 6.78. The van der Waals surface area contributed by atoms with Gasteiger partial charge < -0.3 is 5.32 Å². The van der Waals surface area contributed by atoms with Crippen molar-refractivity contribution < 1.29 is 0 Å². The minimum absolute atomic E-state index is 0.233. The zero-order valence-corrected chi connectivity index (χ0v) is 11.5. The Labute approximate surface area is 105 Å². The van der Waals surface area contributed by atoms with Crippen LogP contribution in [0.4, 0.5) is 0 Å². The van der Waals surface area contributed by atoms with Crippen LogP contribution in [0.5, 0.6) is 0 Å². The molecule has 1 saturated carbocycles. The van der Waals surface area contributed by atoms with Crippen molar-refractivity contribution in [2.24, 2.45) is 5.92 Å². The lowest BCUT2D eigenvalue weighted by molar-refractivity contribution is 0.413. The summed E-state index contributed by atoms with van der Waals surface area (Å²) in [6, 6.07) is 2.19. The molecule has 0 amide bonds. The van der Waals surface area contributed by atoms with Crippen molar-refractivity contribution in [1.29, 1.82) is 0 Å². The summed E-state index contributed by atoms with van der Waals surface area (Å²) in [5, 5.41) is 8.00. The lowest BCUT2D eigenvalue weighted by atomic mass is 10.1. The topological polar surface area (TPSA) is 29.9 Å². The maximum atomic E-state index is 4.41. The molecular weight excluding hydrogens is 210 g/mol. The van der Waals surface area contributed by atoms with Crippen LogP contribution in [0, 0.1) is 5.92 Å². The van der Waals surface area contributed by atoms with Crippen molar-refractivity contribution in [3.8, 4) is 0 Å². The molecule has 1 N–H and O–H groups in total. The Kier molecular flexibility index (Phi) is 3.57. The van der Waals surface area contributed by atoms with Crippen LogP contribution < -0.4 is 5.32 Å². The van der Waals surface area contributed by atoms with E-state index in [2.05, 4.69) is 48.9 Å². The molecule has 1 aromatic heterocycles. The molecule has 3 nitrogen and oxygen atoms in total. The number of aryl methyl sites for hydroxylation is 1. The largest absolute Gasteiger partial charge is 0.312 e. The van der Waals surface area contributed by atoms with E-state index in [4.69, 9.17) is 0 Å². The summed E-state index contributed by atoms with van der Waals surface area (Å²) >= 11 is 0. The molecule has 17 heavy (non-hydrogen) atoms. The van der Waals surface area contributed by atoms with Crippen molar-refractivity contribution in [3.63, 3.8) is 0 Å². The molecule has 1 heterocycles. The van der Waals surface area contributed by atoms with E-state index in [0.29, 0.717) is 0 Å². The number of aromatic nitrogens is 2. The van der Waals surface area contributed by atoms with E-state index in [9.17, 15) is 0 Å². The zero-order valence-electron chi connectivity index (χ0n) is 11.5. The van der Waals surface area contributed by atoms with Crippen LogP contribution in [-0.2, 0) is 6.54 Å². The molecule has 96 valence electrons. The molecule has 0 radical (unpaired) electrons. The van der Waals surface area contributed by atoms with E-state index in [-0.39, 0.29) is 5.54 Å². The molecule has 0 bridgehead atoms. The van der Waals surface area contributed by atoms with Gasteiger partial charge >= 0.3 is 0 Å². The van der Waals surface area contributed by atoms with Gasteiger partial charge in [0.2, 0.25) is 0 Å². The fraction of sp³-hybridized carbons (Fsp3) is 0.786. The Morgan fingerprint density at radius 3 is 2.88 bits per heavy atom. The number of nitrogens with zero attached hydrogens (tertiary/aromatic N) is 2. The van der Waals surface area contributed by atoms with Crippen molar-refractivity contribution in [2.75, 3.05) is 6.54 Å². The van der Waals surface area contributed by atoms with E-state index in [1.165, 1.54) is 12.1 Å². The summed E-state index contributed by atoms with van der Waals surface area (Å²) in [5.41, 5.74) is 1.67. The third-order valence-corrected chi connectivity index (χ3v) is 3.38. The molecule has 1 aliphatic carbocycles. The van der Waals surface area contributed by atoms with Crippen molar-refractivity contribution >= 4 is 0 Å². The van der Waals surface area contributed by atoms with E-state index in [1.54, 1.807) is 0 Å². The second-order valence-electron chi connectivity index (χ2n) is 6.21. The average molecular weight is 235 g/mol. The third kappa shape index (κ3) is 3.32. The molecule has 2 atom stereocenters. The molecule has 1 aromatic rings. The quantitative estimate of drug-likeness (QED) is 0.850. The molecule has 2 unspecified atom stereocenters. The lowest BCUT2D eigenvalue weighted by Crippen LogP contribution is -2.37. The van der Waals surface area contributed by atoms with Gasteiger partial charge in [0.05, 0.1) is 0 Å². The predicted molar refractivity (Wildman–Crippen MR) is 71.1 cm³/mol. The van der Waals surface area contributed by atoms with Crippen LogP contribution in [0.2, 0.25) is 0 Å². The van der Waals surface area contributed by atoms with Crippen molar-refractivity contribution in [2.45, 2.75) is 58.5 Å². The first-order valence-corrected chi connectivity index (χ1v) is 6.78. The summed E-state index contributed by atoms with van der Waals surface area (Å²) < 4.78 is 2.18. The summed E-state index contributed by atoms with van der Waals surface area (Å²) in [6.45, 7) is 11.1. The van der Waals surface area contributed by atoms with E-state index in [1.807, 2.05) is 6.20 Å². The minimum Gasteiger partial charge on any atom is -0.312 e. The molecule has 0 saturated heterocycles. The van der Waals surface area contributed by atoms with Crippen LogP contribution in [0.25, 0.3) is 0 Å². The summed E-state index contributed by atoms with van der Waals surface area (Å²) in [4.78, 5) is 0. The number of nitrogens with one attached hydrogen (secondary N) is 1. The van der Waals surface area contributed by atoms with Gasteiger partial charge in [-0.15, -0.1) is 0 Å². The summed E-state index contributed by atoms with van der Waals surface area (Å²) in [6.07, 6.45) is 4.42. The number of rotatable bonds is 5. The Morgan fingerprint density at radius 1 is 1.47 bits per heavy atom. The highest BCUT2D eigenvalue weighted by molar-refractivity contribution is 5.18.